The third kappa shape index (κ3) is 5.49. The van der Waals surface area contributed by atoms with Gasteiger partial charge in [-0.2, -0.15) is 11.8 Å². The molecule has 1 unspecified atom stereocenters. The lowest BCUT2D eigenvalue weighted by Crippen LogP contribution is -2.38. The van der Waals surface area contributed by atoms with Crippen molar-refractivity contribution < 1.29 is 9.59 Å². The fraction of sp³-hybridized carbons (Fsp3) is 0.440. The smallest absolute Gasteiger partial charge is 0.253 e. The number of carbonyl (C=O) groups excluding carboxylic acids is 2. The largest absolute Gasteiger partial charge is 0.337 e. The molecule has 4 rings (SSSR count). The molecule has 31 heavy (non-hydrogen) atoms. The van der Waals surface area contributed by atoms with Gasteiger partial charge in [-0.05, 0) is 57.0 Å². The zero-order chi connectivity index (χ0) is 21.8. The Morgan fingerprint density at radius 3 is 2.52 bits per heavy atom. The topological polar surface area (TPSA) is 52.7 Å². The first-order valence-corrected chi connectivity index (χ1v) is 12.2. The molecular formula is C25H31N3O2S. The van der Waals surface area contributed by atoms with Crippen molar-refractivity contribution in [1.82, 2.24) is 9.80 Å². The van der Waals surface area contributed by atoms with Gasteiger partial charge in [0, 0.05) is 41.9 Å². The molecule has 2 heterocycles. The molecule has 164 valence electrons. The highest BCUT2D eigenvalue weighted by atomic mass is 32.2. The lowest BCUT2D eigenvalue weighted by molar-refractivity contribution is -0.117. The standard InChI is InChI=1S/C25H31N3O2S/c1-18-13-19(2)15-21(14-18)23-7-4-8-28(23)17-24(29)26-22-6-3-5-20(16-22)25(30)27-9-11-31-12-10-27/h3,5-6,13-16,23H,4,7-12,17H2,1-2H3,(H,26,29). The number of hydrogen-bond donors (Lipinski definition) is 1. The predicted octanol–water partition coefficient (Wildman–Crippen LogP) is 4.27. The van der Waals surface area contributed by atoms with Crippen LogP contribution >= 0.6 is 11.8 Å². The highest BCUT2D eigenvalue weighted by Gasteiger charge is 2.28. The second-order valence-corrected chi connectivity index (χ2v) is 9.81. The van der Waals surface area contributed by atoms with Gasteiger partial charge in [-0.15, -0.1) is 0 Å². The number of carbonyl (C=O) groups is 2. The number of rotatable bonds is 5. The highest BCUT2D eigenvalue weighted by molar-refractivity contribution is 7.99. The van der Waals surface area contributed by atoms with Gasteiger partial charge < -0.3 is 10.2 Å². The van der Waals surface area contributed by atoms with Crippen LogP contribution in [0.1, 0.15) is 45.9 Å². The van der Waals surface area contributed by atoms with Gasteiger partial charge in [0.25, 0.3) is 5.91 Å². The van der Waals surface area contributed by atoms with E-state index < -0.39 is 0 Å². The average Bonchev–Trinajstić information content (AvgIpc) is 3.21. The summed E-state index contributed by atoms with van der Waals surface area (Å²) < 4.78 is 0. The molecule has 0 radical (unpaired) electrons. The molecule has 5 nitrogen and oxygen atoms in total. The molecular weight excluding hydrogens is 406 g/mol. The quantitative estimate of drug-likeness (QED) is 0.759. The summed E-state index contributed by atoms with van der Waals surface area (Å²) in [5.74, 6) is 1.99. The minimum Gasteiger partial charge on any atom is -0.337 e. The van der Waals surface area contributed by atoms with Crippen molar-refractivity contribution in [2.45, 2.75) is 32.7 Å². The Bertz CT molecular complexity index is 935. The van der Waals surface area contributed by atoms with Gasteiger partial charge in [0.2, 0.25) is 5.91 Å². The molecule has 2 fully saturated rings. The van der Waals surface area contributed by atoms with E-state index in [1.165, 1.54) is 16.7 Å². The first kappa shape index (κ1) is 21.9. The number of benzene rings is 2. The number of nitrogens with zero attached hydrogens (tertiary/aromatic N) is 2. The van der Waals surface area contributed by atoms with E-state index in [0.717, 1.165) is 44.0 Å². The van der Waals surface area contributed by atoms with Crippen molar-refractivity contribution in [3.63, 3.8) is 0 Å². The van der Waals surface area contributed by atoms with E-state index in [0.29, 0.717) is 17.8 Å². The van der Waals surface area contributed by atoms with E-state index in [1.54, 1.807) is 6.07 Å². The highest BCUT2D eigenvalue weighted by Crippen LogP contribution is 2.32. The number of thioether (sulfide) groups is 1. The van der Waals surface area contributed by atoms with Gasteiger partial charge in [-0.3, -0.25) is 14.5 Å². The minimum absolute atomic E-state index is 0.0322. The van der Waals surface area contributed by atoms with Gasteiger partial charge in [-0.25, -0.2) is 0 Å². The normalized spacial score (nSPS) is 19.4. The van der Waals surface area contributed by atoms with Gasteiger partial charge >= 0.3 is 0 Å². The zero-order valence-electron chi connectivity index (χ0n) is 18.4. The van der Waals surface area contributed by atoms with Crippen LogP contribution < -0.4 is 5.32 Å². The summed E-state index contributed by atoms with van der Waals surface area (Å²) in [6.45, 7) is 7.11. The first-order valence-electron chi connectivity index (χ1n) is 11.1. The fourth-order valence-corrected chi connectivity index (χ4v) is 5.56. The maximum atomic E-state index is 12.8. The fourth-order valence-electron chi connectivity index (χ4n) is 4.66. The molecule has 1 N–H and O–H groups in total. The molecule has 6 heteroatoms. The molecule has 0 spiro atoms. The predicted molar refractivity (Wildman–Crippen MR) is 128 cm³/mol. The van der Waals surface area contributed by atoms with Crippen LogP contribution in [0.25, 0.3) is 0 Å². The van der Waals surface area contributed by atoms with E-state index in [1.807, 2.05) is 34.9 Å². The van der Waals surface area contributed by atoms with E-state index in [9.17, 15) is 9.59 Å². The van der Waals surface area contributed by atoms with Crippen molar-refractivity contribution in [2.75, 3.05) is 43.0 Å². The van der Waals surface area contributed by atoms with Crippen LogP contribution in [-0.2, 0) is 4.79 Å². The van der Waals surface area contributed by atoms with Crippen LogP contribution in [0.4, 0.5) is 5.69 Å². The molecule has 2 aromatic rings. The number of amides is 2. The maximum absolute atomic E-state index is 12.8. The molecule has 0 bridgehead atoms. The third-order valence-electron chi connectivity index (χ3n) is 6.03. The summed E-state index contributed by atoms with van der Waals surface area (Å²) in [5.41, 5.74) is 5.15. The summed E-state index contributed by atoms with van der Waals surface area (Å²) >= 11 is 1.88. The molecule has 0 aliphatic carbocycles. The Morgan fingerprint density at radius 2 is 1.77 bits per heavy atom. The minimum atomic E-state index is -0.0322. The monoisotopic (exact) mass is 437 g/mol. The lowest BCUT2D eigenvalue weighted by atomic mass is 9.99. The van der Waals surface area contributed by atoms with Gasteiger partial charge in [0.15, 0.2) is 0 Å². The van der Waals surface area contributed by atoms with Crippen LogP contribution in [0.3, 0.4) is 0 Å². The summed E-state index contributed by atoms with van der Waals surface area (Å²) in [5, 5.41) is 3.01. The average molecular weight is 438 g/mol. The molecule has 2 saturated heterocycles. The molecule has 2 aliphatic heterocycles. The van der Waals surface area contributed by atoms with E-state index in [2.05, 4.69) is 42.3 Å². The van der Waals surface area contributed by atoms with E-state index >= 15 is 0 Å². The van der Waals surface area contributed by atoms with Gasteiger partial charge in [0.05, 0.1) is 6.54 Å². The second kappa shape index (κ2) is 9.88. The Balaban J connectivity index is 1.39. The summed E-state index contributed by atoms with van der Waals surface area (Å²) in [6, 6.07) is 14.3. The van der Waals surface area contributed by atoms with Crippen molar-refractivity contribution in [1.29, 1.82) is 0 Å². The molecule has 2 aromatic carbocycles. The first-order chi connectivity index (χ1) is 15.0. The van der Waals surface area contributed by atoms with Crippen LogP contribution in [0.2, 0.25) is 0 Å². The number of likely N-dealkylation sites (tertiary alicyclic amines) is 1. The van der Waals surface area contributed by atoms with Crippen molar-refractivity contribution in [3.8, 4) is 0 Å². The van der Waals surface area contributed by atoms with Gasteiger partial charge in [-0.1, -0.05) is 35.4 Å². The Labute approximate surface area is 189 Å². The van der Waals surface area contributed by atoms with Crippen LogP contribution in [0, 0.1) is 13.8 Å². The molecule has 1 atom stereocenters. The Hall–Kier alpha value is -2.31. The van der Waals surface area contributed by atoms with Crippen molar-refractivity contribution in [2.24, 2.45) is 0 Å². The molecule has 0 saturated carbocycles. The van der Waals surface area contributed by atoms with Crippen molar-refractivity contribution >= 4 is 29.3 Å². The van der Waals surface area contributed by atoms with Crippen molar-refractivity contribution in [3.05, 3.63) is 64.7 Å². The molecule has 0 aromatic heterocycles. The van der Waals surface area contributed by atoms with Crippen LogP contribution in [0.15, 0.2) is 42.5 Å². The van der Waals surface area contributed by atoms with E-state index in [-0.39, 0.29) is 17.9 Å². The van der Waals surface area contributed by atoms with Gasteiger partial charge in [0.1, 0.15) is 0 Å². The second-order valence-electron chi connectivity index (χ2n) is 8.58. The number of anilines is 1. The lowest BCUT2D eigenvalue weighted by Gasteiger charge is -2.26. The summed E-state index contributed by atoms with van der Waals surface area (Å²) in [4.78, 5) is 29.7. The zero-order valence-corrected chi connectivity index (χ0v) is 19.2. The molecule has 2 amide bonds. The molecule has 2 aliphatic rings. The Morgan fingerprint density at radius 1 is 1.03 bits per heavy atom. The summed E-state index contributed by atoms with van der Waals surface area (Å²) in [7, 11) is 0. The van der Waals surface area contributed by atoms with E-state index in [4.69, 9.17) is 0 Å². The SMILES string of the molecule is Cc1cc(C)cc(C2CCCN2CC(=O)Nc2cccc(C(=O)N3CCSCC3)c2)c1. The third-order valence-corrected chi connectivity index (χ3v) is 6.97. The number of aryl methyl sites for hydroxylation is 2. The maximum Gasteiger partial charge on any atom is 0.253 e. The number of hydrogen-bond acceptors (Lipinski definition) is 4. The van der Waals surface area contributed by atoms with Crippen LogP contribution in [-0.4, -0.2) is 59.3 Å². The Kier molecular flexibility index (Phi) is 6.98. The summed E-state index contributed by atoms with van der Waals surface area (Å²) in [6.07, 6.45) is 2.18. The van der Waals surface area contributed by atoms with Crippen LogP contribution in [0.5, 0.6) is 0 Å². The number of nitrogens with one attached hydrogen (secondary N) is 1.